The first kappa shape index (κ1) is 36.4. The van der Waals surface area contributed by atoms with Gasteiger partial charge in [0.1, 0.15) is 6.29 Å². The first-order valence-electron chi connectivity index (χ1n) is 15.8. The Morgan fingerprint density at radius 2 is 1.21 bits per heavy atom. The van der Waals surface area contributed by atoms with E-state index in [0.717, 1.165) is 70.9 Å². The average molecular weight is 540 g/mol. The van der Waals surface area contributed by atoms with E-state index in [-0.39, 0.29) is 12.0 Å². The summed E-state index contributed by atoms with van der Waals surface area (Å²) in [4.78, 5) is 38.2. The molecule has 224 valence electrons. The third kappa shape index (κ3) is 26.0. The number of esters is 1. The Balaban J connectivity index is 3.90. The Bertz CT molecular complexity index is 557. The van der Waals surface area contributed by atoms with Crippen molar-refractivity contribution in [2.75, 3.05) is 46.9 Å². The molecule has 0 aliphatic carbocycles. The molecule has 2 amide bonds. The molecule has 0 heterocycles. The number of carbonyl (C=O) groups is 3. The fourth-order valence-corrected chi connectivity index (χ4v) is 4.54. The second-order valence-corrected chi connectivity index (χ2v) is 10.9. The molecule has 0 aromatic rings. The second kappa shape index (κ2) is 28.4. The molecule has 0 spiro atoms. The van der Waals surface area contributed by atoms with E-state index in [1.54, 1.807) is 19.0 Å². The molecule has 0 aromatic carbocycles. The minimum absolute atomic E-state index is 0.0327. The van der Waals surface area contributed by atoms with Gasteiger partial charge in [0.25, 0.3) is 0 Å². The summed E-state index contributed by atoms with van der Waals surface area (Å²) < 4.78 is 5.39. The number of rotatable bonds is 28. The Kier molecular flexibility index (Phi) is 27.2. The molecule has 0 atom stereocenters. The van der Waals surface area contributed by atoms with Gasteiger partial charge in [0.15, 0.2) is 0 Å². The van der Waals surface area contributed by atoms with Crippen molar-refractivity contribution >= 4 is 18.3 Å². The molecule has 0 saturated heterocycles. The van der Waals surface area contributed by atoms with Crippen molar-refractivity contribution in [1.29, 1.82) is 0 Å². The van der Waals surface area contributed by atoms with Crippen molar-refractivity contribution in [3.63, 3.8) is 0 Å². The van der Waals surface area contributed by atoms with Crippen LogP contribution in [0.1, 0.15) is 135 Å². The van der Waals surface area contributed by atoms with Crippen LogP contribution in [0.5, 0.6) is 0 Å². The van der Waals surface area contributed by atoms with E-state index in [1.165, 1.54) is 70.6 Å². The van der Waals surface area contributed by atoms with Gasteiger partial charge in [-0.3, -0.25) is 4.79 Å². The summed E-state index contributed by atoms with van der Waals surface area (Å²) in [5.41, 5.74) is 0. The first-order chi connectivity index (χ1) is 18.5. The maximum Gasteiger partial charge on any atom is 0.316 e. The smallest absolute Gasteiger partial charge is 0.316 e. The van der Waals surface area contributed by atoms with Gasteiger partial charge in [-0.25, -0.2) is 4.79 Å². The summed E-state index contributed by atoms with van der Waals surface area (Å²) in [6.45, 7) is 6.71. The molecule has 0 bridgehead atoms. The van der Waals surface area contributed by atoms with Gasteiger partial charge in [-0.15, -0.1) is 0 Å². The molecule has 7 heteroatoms. The predicted octanol–water partition coefficient (Wildman–Crippen LogP) is 7.12. The van der Waals surface area contributed by atoms with Crippen molar-refractivity contribution in [3.05, 3.63) is 0 Å². The fourth-order valence-electron chi connectivity index (χ4n) is 4.54. The van der Waals surface area contributed by atoms with E-state index in [1.807, 2.05) is 0 Å². The molecule has 7 nitrogen and oxygen atoms in total. The molecule has 0 aromatic heterocycles. The molecule has 0 rings (SSSR count). The van der Waals surface area contributed by atoms with Crippen molar-refractivity contribution < 1.29 is 19.1 Å². The standard InChI is InChI=1S/C31H61N3O4/c1-4-5-6-7-10-16-21-29-38-30(36)23-17-12-11-14-19-26-34(25-18-13-8-9-15-20-28-35)27-22-24-32-31(37)33(2)3/h28H,4-27,29H2,1-3H3,(H,32,37). The van der Waals surface area contributed by atoms with E-state index in [0.29, 0.717) is 26.0 Å². The highest BCUT2D eigenvalue weighted by atomic mass is 16.5. The Morgan fingerprint density at radius 3 is 1.82 bits per heavy atom. The first-order valence-corrected chi connectivity index (χ1v) is 15.8. The third-order valence-corrected chi connectivity index (χ3v) is 7.00. The summed E-state index contributed by atoms with van der Waals surface area (Å²) in [5.74, 6) is -0.0327. The number of carbonyl (C=O) groups excluding carboxylic acids is 3. The van der Waals surface area contributed by atoms with E-state index in [9.17, 15) is 14.4 Å². The number of hydrogen-bond acceptors (Lipinski definition) is 5. The summed E-state index contributed by atoms with van der Waals surface area (Å²) in [6.07, 6.45) is 23.1. The Labute approximate surface area is 234 Å². The molecule has 0 saturated carbocycles. The number of aldehydes is 1. The molecule has 1 N–H and O–H groups in total. The van der Waals surface area contributed by atoms with Crippen molar-refractivity contribution in [2.24, 2.45) is 0 Å². The highest BCUT2D eigenvalue weighted by Gasteiger charge is 2.07. The normalized spacial score (nSPS) is 11.1. The van der Waals surface area contributed by atoms with Crippen LogP contribution in [0, 0.1) is 0 Å². The number of nitrogens with zero attached hydrogens (tertiary/aromatic N) is 2. The van der Waals surface area contributed by atoms with Gasteiger partial charge >= 0.3 is 12.0 Å². The SMILES string of the molecule is CCCCCCCCCOC(=O)CCCCCCCN(CCCCCCCC=O)CCCNC(=O)N(C)C. The van der Waals surface area contributed by atoms with Gasteiger partial charge in [-0.2, -0.15) is 0 Å². The summed E-state index contributed by atoms with van der Waals surface area (Å²) in [7, 11) is 3.52. The van der Waals surface area contributed by atoms with Gasteiger partial charge in [0.05, 0.1) is 6.61 Å². The van der Waals surface area contributed by atoms with Gasteiger partial charge < -0.3 is 24.6 Å². The number of urea groups is 1. The van der Waals surface area contributed by atoms with E-state index >= 15 is 0 Å². The van der Waals surface area contributed by atoms with Crippen LogP contribution >= 0.6 is 0 Å². The largest absolute Gasteiger partial charge is 0.466 e. The average Bonchev–Trinajstić information content (AvgIpc) is 2.90. The number of hydrogen-bond donors (Lipinski definition) is 1. The van der Waals surface area contributed by atoms with Crippen molar-refractivity contribution in [2.45, 2.75) is 135 Å². The minimum atomic E-state index is -0.0337. The maximum absolute atomic E-state index is 11.9. The molecule has 0 radical (unpaired) electrons. The molecule has 0 fully saturated rings. The molecule has 0 aliphatic rings. The summed E-state index contributed by atoms with van der Waals surface area (Å²) in [6, 6.07) is -0.0337. The third-order valence-electron chi connectivity index (χ3n) is 7.00. The van der Waals surface area contributed by atoms with Gasteiger partial charge in [0, 0.05) is 33.5 Å². The lowest BCUT2D eigenvalue weighted by atomic mass is 10.1. The van der Waals surface area contributed by atoms with Gasteiger partial charge in [-0.1, -0.05) is 84.0 Å². The van der Waals surface area contributed by atoms with Crippen LogP contribution in [0.15, 0.2) is 0 Å². The lowest BCUT2D eigenvalue weighted by molar-refractivity contribution is -0.143. The van der Waals surface area contributed by atoms with Crippen LogP contribution < -0.4 is 5.32 Å². The fraction of sp³-hybridized carbons (Fsp3) is 0.903. The molecule has 0 unspecified atom stereocenters. The maximum atomic E-state index is 11.9. The lowest BCUT2D eigenvalue weighted by Gasteiger charge is -2.23. The Morgan fingerprint density at radius 1 is 0.684 bits per heavy atom. The van der Waals surface area contributed by atoms with E-state index in [4.69, 9.17) is 4.74 Å². The topological polar surface area (TPSA) is 79.0 Å². The van der Waals surface area contributed by atoms with Crippen molar-refractivity contribution in [1.82, 2.24) is 15.1 Å². The molecular formula is C31H61N3O4. The van der Waals surface area contributed by atoms with E-state index < -0.39 is 0 Å². The number of nitrogens with one attached hydrogen (secondary N) is 1. The minimum Gasteiger partial charge on any atom is -0.466 e. The number of amides is 2. The number of ether oxygens (including phenoxy) is 1. The van der Waals surface area contributed by atoms with Crippen LogP contribution in [-0.2, 0) is 14.3 Å². The van der Waals surface area contributed by atoms with Crippen LogP contribution in [-0.4, -0.2) is 75.0 Å². The lowest BCUT2D eigenvalue weighted by Crippen LogP contribution is -2.36. The van der Waals surface area contributed by atoms with Crippen LogP contribution in [0.4, 0.5) is 4.79 Å². The monoisotopic (exact) mass is 539 g/mol. The highest BCUT2D eigenvalue weighted by molar-refractivity contribution is 5.73. The van der Waals surface area contributed by atoms with Crippen LogP contribution in [0.2, 0.25) is 0 Å². The van der Waals surface area contributed by atoms with Crippen molar-refractivity contribution in [3.8, 4) is 0 Å². The quantitative estimate of drug-likeness (QED) is 0.0650. The second-order valence-electron chi connectivity index (χ2n) is 10.9. The molecule has 38 heavy (non-hydrogen) atoms. The molecule has 0 aliphatic heterocycles. The number of unbranched alkanes of at least 4 members (excludes halogenated alkanes) is 15. The zero-order valence-corrected chi connectivity index (χ0v) is 25.3. The summed E-state index contributed by atoms with van der Waals surface area (Å²) >= 11 is 0. The summed E-state index contributed by atoms with van der Waals surface area (Å²) in [5, 5.41) is 2.96. The zero-order valence-electron chi connectivity index (χ0n) is 25.3. The molecular weight excluding hydrogens is 478 g/mol. The van der Waals surface area contributed by atoms with Gasteiger partial charge in [-0.05, 0) is 58.2 Å². The van der Waals surface area contributed by atoms with Crippen LogP contribution in [0.3, 0.4) is 0 Å². The van der Waals surface area contributed by atoms with Crippen LogP contribution in [0.25, 0.3) is 0 Å². The Hall–Kier alpha value is -1.63. The zero-order chi connectivity index (χ0) is 28.1. The highest BCUT2D eigenvalue weighted by Crippen LogP contribution is 2.11. The van der Waals surface area contributed by atoms with Gasteiger partial charge in [0.2, 0.25) is 0 Å². The van der Waals surface area contributed by atoms with E-state index in [2.05, 4.69) is 17.1 Å². The predicted molar refractivity (Wildman–Crippen MR) is 159 cm³/mol.